The molecule has 3 aromatic carbocycles. The summed E-state index contributed by atoms with van der Waals surface area (Å²) < 4.78 is 7.63. The standard InChI is InChI=1S/C21H13Br2NO2/c22-15-9-14(10-16(23)12-15)21(25)24-18-7-3-2-6-17(18)20-11-13-5-1-4-8-19(13)26-20/h1-12H,(H,24,25). The van der Waals surface area contributed by atoms with E-state index >= 15 is 0 Å². The lowest BCUT2D eigenvalue weighted by molar-refractivity contribution is 0.102. The van der Waals surface area contributed by atoms with E-state index in [2.05, 4.69) is 37.2 Å². The third-order valence-corrected chi connectivity index (χ3v) is 4.91. The molecule has 1 N–H and O–H groups in total. The number of fused-ring (bicyclic) bond motifs is 1. The fourth-order valence-corrected chi connectivity index (χ4v) is 4.09. The fraction of sp³-hybridized carbons (Fsp3) is 0. The maximum absolute atomic E-state index is 12.7. The van der Waals surface area contributed by atoms with Gasteiger partial charge in [0.1, 0.15) is 11.3 Å². The molecule has 0 bridgehead atoms. The maximum atomic E-state index is 12.7. The summed E-state index contributed by atoms with van der Waals surface area (Å²) in [5, 5.41) is 4.01. The molecule has 1 amide bonds. The Labute approximate surface area is 167 Å². The lowest BCUT2D eigenvalue weighted by Crippen LogP contribution is -2.12. The van der Waals surface area contributed by atoms with Crippen LogP contribution < -0.4 is 5.32 Å². The van der Waals surface area contributed by atoms with E-state index in [9.17, 15) is 4.79 Å². The van der Waals surface area contributed by atoms with E-state index in [1.54, 1.807) is 12.1 Å². The van der Waals surface area contributed by atoms with Crippen LogP contribution >= 0.6 is 31.9 Å². The Morgan fingerprint density at radius 1 is 0.846 bits per heavy atom. The first-order valence-electron chi connectivity index (χ1n) is 7.95. The van der Waals surface area contributed by atoms with Gasteiger partial charge in [-0.05, 0) is 42.5 Å². The van der Waals surface area contributed by atoms with Crippen molar-refractivity contribution in [1.82, 2.24) is 0 Å². The molecule has 0 atom stereocenters. The van der Waals surface area contributed by atoms with Crippen molar-refractivity contribution in [3.8, 4) is 11.3 Å². The van der Waals surface area contributed by atoms with Crippen LogP contribution in [0.25, 0.3) is 22.3 Å². The molecule has 1 heterocycles. The Bertz CT molecular complexity index is 1060. The molecule has 0 unspecified atom stereocenters. The van der Waals surface area contributed by atoms with Crippen LogP contribution in [-0.4, -0.2) is 5.91 Å². The smallest absolute Gasteiger partial charge is 0.255 e. The predicted octanol–water partition coefficient (Wildman–Crippen LogP) is 6.88. The molecule has 0 aliphatic carbocycles. The van der Waals surface area contributed by atoms with Crippen molar-refractivity contribution >= 4 is 54.4 Å². The molecule has 0 aliphatic heterocycles. The number of hydrogen-bond acceptors (Lipinski definition) is 2. The number of furan rings is 1. The minimum Gasteiger partial charge on any atom is -0.456 e. The normalized spacial score (nSPS) is 10.8. The SMILES string of the molecule is O=C(Nc1ccccc1-c1cc2ccccc2o1)c1cc(Br)cc(Br)c1. The van der Waals surface area contributed by atoms with Crippen molar-refractivity contribution < 1.29 is 9.21 Å². The van der Waals surface area contributed by atoms with Gasteiger partial charge in [0.2, 0.25) is 0 Å². The molecule has 1 aromatic heterocycles. The summed E-state index contributed by atoms with van der Waals surface area (Å²) in [4.78, 5) is 12.7. The Morgan fingerprint density at radius 3 is 2.31 bits per heavy atom. The van der Waals surface area contributed by atoms with Crippen LogP contribution in [0, 0.1) is 0 Å². The van der Waals surface area contributed by atoms with E-state index in [1.807, 2.05) is 60.7 Å². The number of anilines is 1. The molecule has 3 nitrogen and oxygen atoms in total. The summed E-state index contributed by atoms with van der Waals surface area (Å²) >= 11 is 6.82. The summed E-state index contributed by atoms with van der Waals surface area (Å²) in [6.07, 6.45) is 0. The number of carbonyl (C=O) groups excluding carboxylic acids is 1. The van der Waals surface area contributed by atoms with Crippen molar-refractivity contribution in [3.05, 3.63) is 87.3 Å². The third kappa shape index (κ3) is 3.45. The molecule has 0 saturated carbocycles. The molecule has 0 fully saturated rings. The molecular weight excluding hydrogens is 458 g/mol. The number of hydrogen-bond donors (Lipinski definition) is 1. The van der Waals surface area contributed by atoms with Gasteiger partial charge in [0.05, 0.1) is 5.69 Å². The van der Waals surface area contributed by atoms with Gasteiger partial charge in [0, 0.05) is 25.5 Å². The van der Waals surface area contributed by atoms with Gasteiger partial charge >= 0.3 is 0 Å². The number of rotatable bonds is 3. The second kappa shape index (κ2) is 7.09. The van der Waals surface area contributed by atoms with E-state index in [1.165, 1.54) is 0 Å². The van der Waals surface area contributed by atoms with E-state index in [0.29, 0.717) is 11.3 Å². The van der Waals surface area contributed by atoms with E-state index in [0.717, 1.165) is 31.2 Å². The minimum absolute atomic E-state index is 0.185. The lowest BCUT2D eigenvalue weighted by Gasteiger charge is -2.10. The molecule has 0 saturated heterocycles. The van der Waals surface area contributed by atoms with Gasteiger partial charge in [-0.25, -0.2) is 0 Å². The Morgan fingerprint density at radius 2 is 1.54 bits per heavy atom. The van der Waals surface area contributed by atoms with Gasteiger partial charge in [0.25, 0.3) is 5.91 Å². The van der Waals surface area contributed by atoms with Crippen LogP contribution in [0.2, 0.25) is 0 Å². The summed E-state index contributed by atoms with van der Waals surface area (Å²) in [6, 6.07) is 22.9. The number of para-hydroxylation sites is 2. The van der Waals surface area contributed by atoms with Gasteiger partial charge in [-0.15, -0.1) is 0 Å². The number of carbonyl (C=O) groups is 1. The van der Waals surface area contributed by atoms with Crippen LogP contribution in [0.4, 0.5) is 5.69 Å². The average Bonchev–Trinajstić information content (AvgIpc) is 3.05. The second-order valence-corrected chi connectivity index (χ2v) is 7.64. The van der Waals surface area contributed by atoms with Crippen molar-refractivity contribution in [2.75, 3.05) is 5.32 Å². The Kier molecular flexibility index (Phi) is 4.66. The highest BCUT2D eigenvalue weighted by molar-refractivity contribution is 9.11. The molecule has 4 aromatic rings. The van der Waals surface area contributed by atoms with Gasteiger partial charge in [-0.1, -0.05) is 62.2 Å². The zero-order chi connectivity index (χ0) is 18.1. The van der Waals surface area contributed by atoms with Crippen LogP contribution in [-0.2, 0) is 0 Å². The van der Waals surface area contributed by atoms with Gasteiger partial charge in [0.15, 0.2) is 0 Å². The summed E-state index contributed by atoms with van der Waals surface area (Å²) in [5.74, 6) is 0.535. The molecule has 0 spiro atoms. The molecule has 0 aliphatic rings. The Balaban J connectivity index is 1.70. The number of amides is 1. The molecule has 26 heavy (non-hydrogen) atoms. The quantitative estimate of drug-likeness (QED) is 0.354. The maximum Gasteiger partial charge on any atom is 0.255 e. The van der Waals surface area contributed by atoms with Crippen molar-refractivity contribution in [2.45, 2.75) is 0 Å². The first kappa shape index (κ1) is 17.1. The molecule has 0 radical (unpaired) electrons. The first-order chi connectivity index (χ1) is 12.6. The largest absolute Gasteiger partial charge is 0.456 e. The van der Waals surface area contributed by atoms with Gasteiger partial charge in [-0.3, -0.25) is 4.79 Å². The molecule has 4 rings (SSSR count). The third-order valence-electron chi connectivity index (χ3n) is 3.99. The van der Waals surface area contributed by atoms with Crippen LogP contribution in [0.15, 0.2) is 86.2 Å². The highest BCUT2D eigenvalue weighted by Gasteiger charge is 2.14. The molecule has 128 valence electrons. The van der Waals surface area contributed by atoms with Crippen molar-refractivity contribution in [3.63, 3.8) is 0 Å². The van der Waals surface area contributed by atoms with E-state index in [-0.39, 0.29) is 5.91 Å². The molecule has 5 heteroatoms. The fourth-order valence-electron chi connectivity index (χ4n) is 2.80. The topological polar surface area (TPSA) is 42.2 Å². The highest BCUT2D eigenvalue weighted by Crippen LogP contribution is 2.33. The highest BCUT2D eigenvalue weighted by atomic mass is 79.9. The molecular formula is C21H13Br2NO2. The number of nitrogens with one attached hydrogen (secondary N) is 1. The van der Waals surface area contributed by atoms with Crippen LogP contribution in [0.3, 0.4) is 0 Å². The first-order valence-corrected chi connectivity index (χ1v) is 9.54. The van der Waals surface area contributed by atoms with Gasteiger partial charge in [-0.2, -0.15) is 0 Å². The summed E-state index contributed by atoms with van der Waals surface area (Å²) in [5.41, 5.74) is 2.92. The monoisotopic (exact) mass is 469 g/mol. The summed E-state index contributed by atoms with van der Waals surface area (Å²) in [7, 11) is 0. The Hall–Kier alpha value is -2.37. The van der Waals surface area contributed by atoms with Crippen molar-refractivity contribution in [2.24, 2.45) is 0 Å². The van der Waals surface area contributed by atoms with E-state index < -0.39 is 0 Å². The number of benzene rings is 3. The zero-order valence-corrected chi connectivity index (χ0v) is 16.7. The van der Waals surface area contributed by atoms with Crippen LogP contribution in [0.1, 0.15) is 10.4 Å². The minimum atomic E-state index is -0.185. The lowest BCUT2D eigenvalue weighted by atomic mass is 10.1. The average molecular weight is 471 g/mol. The zero-order valence-electron chi connectivity index (χ0n) is 13.5. The number of halogens is 2. The second-order valence-electron chi connectivity index (χ2n) is 5.81. The predicted molar refractivity (Wildman–Crippen MR) is 111 cm³/mol. The van der Waals surface area contributed by atoms with Gasteiger partial charge < -0.3 is 9.73 Å². The van der Waals surface area contributed by atoms with Crippen molar-refractivity contribution in [1.29, 1.82) is 0 Å². The van der Waals surface area contributed by atoms with E-state index in [4.69, 9.17) is 4.42 Å². The van der Waals surface area contributed by atoms with Crippen LogP contribution in [0.5, 0.6) is 0 Å². The summed E-state index contributed by atoms with van der Waals surface area (Å²) in [6.45, 7) is 0.